The van der Waals surface area contributed by atoms with Crippen molar-refractivity contribution in [1.82, 2.24) is 9.62 Å². The van der Waals surface area contributed by atoms with E-state index in [1.54, 1.807) is 6.07 Å². The predicted octanol–water partition coefficient (Wildman–Crippen LogP) is 0.907. The molecule has 23 heavy (non-hydrogen) atoms. The fourth-order valence-electron chi connectivity index (χ4n) is 3.21. The molecule has 1 aromatic carbocycles. The maximum atomic E-state index is 10.8. The van der Waals surface area contributed by atoms with Crippen molar-refractivity contribution in [3.8, 4) is 5.75 Å². The third kappa shape index (κ3) is 3.51. The summed E-state index contributed by atoms with van der Waals surface area (Å²) in [5.41, 5.74) is 1.60. The maximum absolute atomic E-state index is 10.8. The Kier molecular flexibility index (Phi) is 4.37. The Labute approximate surface area is 136 Å². The molecular weight excluding hydrogens is 320 g/mol. The summed E-state index contributed by atoms with van der Waals surface area (Å²) in [5, 5.41) is 0. The summed E-state index contributed by atoms with van der Waals surface area (Å²) < 4.78 is 44.1. The summed E-state index contributed by atoms with van der Waals surface area (Å²) in [6.45, 7) is 7.37. The summed E-state index contributed by atoms with van der Waals surface area (Å²) in [7, 11) is -4.20. The number of hydrogen-bond donors (Lipinski definition) is 2. The highest BCUT2D eigenvalue weighted by molar-refractivity contribution is 7.83. The molecule has 0 radical (unpaired) electrons. The molecule has 128 valence electrons. The van der Waals surface area contributed by atoms with E-state index in [4.69, 9.17) is 14.0 Å². The van der Waals surface area contributed by atoms with E-state index in [1.165, 1.54) is 0 Å². The van der Waals surface area contributed by atoms with Gasteiger partial charge in [0.15, 0.2) is 6.23 Å². The molecule has 1 saturated heterocycles. The Morgan fingerprint density at radius 3 is 2.70 bits per heavy atom. The lowest BCUT2D eigenvalue weighted by Crippen LogP contribution is -2.52. The van der Waals surface area contributed by atoms with Crippen LogP contribution in [0.15, 0.2) is 18.2 Å². The highest BCUT2D eigenvalue weighted by atomic mass is 32.2. The Bertz CT molecular complexity index is 683. The Morgan fingerprint density at radius 1 is 1.35 bits per heavy atom. The molecule has 1 unspecified atom stereocenters. The minimum atomic E-state index is -4.20. The molecule has 2 aliphatic rings. The molecule has 0 amide bonds. The number of benzene rings is 1. The summed E-state index contributed by atoms with van der Waals surface area (Å²) in [6.07, 6.45) is -0.0637. The first kappa shape index (κ1) is 16.7. The number of ether oxygens (including phenoxy) is 2. The first-order valence-electron chi connectivity index (χ1n) is 7.61. The minimum absolute atomic E-state index is 0.0460. The van der Waals surface area contributed by atoms with Crippen LogP contribution in [0.25, 0.3) is 0 Å². The van der Waals surface area contributed by atoms with Crippen LogP contribution in [0.3, 0.4) is 0 Å². The van der Waals surface area contributed by atoms with Gasteiger partial charge < -0.3 is 9.47 Å². The number of rotatable bonds is 4. The zero-order valence-electron chi connectivity index (χ0n) is 13.3. The Hall–Kier alpha value is -1.19. The molecule has 1 atom stereocenters. The lowest BCUT2D eigenvalue weighted by molar-refractivity contribution is -0.0612. The quantitative estimate of drug-likeness (QED) is 0.791. The summed E-state index contributed by atoms with van der Waals surface area (Å²) >= 11 is 0. The van der Waals surface area contributed by atoms with Crippen molar-refractivity contribution in [3.63, 3.8) is 0 Å². The molecule has 0 aliphatic carbocycles. The topological polar surface area (TPSA) is 88.1 Å². The van der Waals surface area contributed by atoms with E-state index in [0.29, 0.717) is 13.2 Å². The summed E-state index contributed by atoms with van der Waals surface area (Å²) in [5.74, 6) is 0.821. The van der Waals surface area contributed by atoms with Crippen molar-refractivity contribution in [2.24, 2.45) is 0 Å². The largest absolute Gasteiger partial charge is 0.474 e. The van der Waals surface area contributed by atoms with Crippen molar-refractivity contribution in [2.75, 3.05) is 26.3 Å². The van der Waals surface area contributed by atoms with E-state index in [-0.39, 0.29) is 18.2 Å². The Morgan fingerprint density at radius 2 is 2.04 bits per heavy atom. The smallest absolute Gasteiger partial charge is 0.333 e. The second-order valence-electron chi connectivity index (χ2n) is 6.47. The van der Waals surface area contributed by atoms with Gasteiger partial charge in [-0.3, -0.25) is 9.45 Å². The van der Waals surface area contributed by atoms with E-state index >= 15 is 0 Å². The third-order valence-corrected chi connectivity index (χ3v) is 4.94. The van der Waals surface area contributed by atoms with E-state index in [9.17, 15) is 8.42 Å². The summed E-state index contributed by atoms with van der Waals surface area (Å²) in [6, 6.07) is 5.60. The average Bonchev–Trinajstić information content (AvgIpc) is 2.77. The lowest BCUT2D eigenvalue weighted by atomic mass is 9.83. The lowest BCUT2D eigenvalue weighted by Gasteiger charge is -2.38. The SMILES string of the molecule is CC1(C)c2cc(CNS(=O)(=O)O)ccc2OC1N1CCOCC1. The maximum Gasteiger partial charge on any atom is 0.333 e. The van der Waals surface area contributed by atoms with Gasteiger partial charge in [0.05, 0.1) is 13.2 Å². The van der Waals surface area contributed by atoms with Gasteiger partial charge in [-0.2, -0.15) is 13.1 Å². The Balaban J connectivity index is 1.81. The van der Waals surface area contributed by atoms with E-state index in [2.05, 4.69) is 23.5 Å². The van der Waals surface area contributed by atoms with Gasteiger partial charge in [0.2, 0.25) is 0 Å². The van der Waals surface area contributed by atoms with Crippen LogP contribution >= 0.6 is 0 Å². The first-order valence-corrected chi connectivity index (χ1v) is 9.05. The van der Waals surface area contributed by atoms with Crippen LogP contribution in [0, 0.1) is 0 Å². The summed E-state index contributed by atoms with van der Waals surface area (Å²) in [4.78, 5) is 2.28. The number of hydrogen-bond acceptors (Lipinski definition) is 5. The number of fused-ring (bicyclic) bond motifs is 1. The average molecular weight is 342 g/mol. The molecule has 0 saturated carbocycles. The van der Waals surface area contributed by atoms with Crippen LogP contribution in [-0.2, 0) is 27.0 Å². The first-order chi connectivity index (χ1) is 10.8. The monoisotopic (exact) mass is 342 g/mol. The van der Waals surface area contributed by atoms with Crippen LogP contribution < -0.4 is 9.46 Å². The molecule has 3 rings (SSSR count). The van der Waals surface area contributed by atoms with Gasteiger partial charge in [-0.05, 0) is 11.6 Å². The van der Waals surface area contributed by atoms with Gasteiger partial charge in [0.1, 0.15) is 5.75 Å². The van der Waals surface area contributed by atoms with Gasteiger partial charge in [0, 0.05) is 30.6 Å². The van der Waals surface area contributed by atoms with Crippen molar-refractivity contribution < 1.29 is 22.4 Å². The zero-order chi connectivity index (χ0) is 16.7. The normalized spacial score (nSPS) is 24.2. The van der Waals surface area contributed by atoms with Crippen molar-refractivity contribution >= 4 is 10.3 Å². The minimum Gasteiger partial charge on any atom is -0.474 e. The zero-order valence-corrected chi connectivity index (χ0v) is 14.1. The number of nitrogens with one attached hydrogen (secondary N) is 1. The van der Waals surface area contributed by atoms with Crippen LogP contribution in [0.2, 0.25) is 0 Å². The molecule has 1 aromatic rings. The molecule has 2 heterocycles. The third-order valence-electron chi connectivity index (χ3n) is 4.43. The van der Waals surface area contributed by atoms with Crippen molar-refractivity contribution in [3.05, 3.63) is 29.3 Å². The van der Waals surface area contributed by atoms with Crippen LogP contribution in [0.1, 0.15) is 25.0 Å². The second kappa shape index (κ2) is 6.03. The van der Waals surface area contributed by atoms with Gasteiger partial charge in [-0.1, -0.05) is 26.0 Å². The van der Waals surface area contributed by atoms with Gasteiger partial charge in [-0.25, -0.2) is 0 Å². The molecule has 0 bridgehead atoms. The number of nitrogens with zero attached hydrogens (tertiary/aromatic N) is 1. The van der Waals surface area contributed by atoms with Gasteiger partial charge >= 0.3 is 10.3 Å². The molecule has 7 nitrogen and oxygen atoms in total. The highest BCUT2D eigenvalue weighted by Gasteiger charge is 2.45. The van der Waals surface area contributed by atoms with Crippen molar-refractivity contribution in [1.29, 1.82) is 0 Å². The second-order valence-corrected chi connectivity index (χ2v) is 7.71. The fraction of sp³-hybridized carbons (Fsp3) is 0.600. The van der Waals surface area contributed by atoms with Crippen molar-refractivity contribution in [2.45, 2.75) is 32.0 Å². The van der Waals surface area contributed by atoms with Crippen LogP contribution in [0.4, 0.5) is 0 Å². The van der Waals surface area contributed by atoms with Crippen LogP contribution in [-0.4, -0.2) is 50.4 Å². The van der Waals surface area contributed by atoms with E-state index in [1.807, 2.05) is 12.1 Å². The number of morpholine rings is 1. The van der Waals surface area contributed by atoms with E-state index in [0.717, 1.165) is 30.0 Å². The molecule has 2 N–H and O–H groups in total. The molecule has 0 aromatic heterocycles. The molecule has 0 spiro atoms. The molecule has 2 aliphatic heterocycles. The van der Waals surface area contributed by atoms with Gasteiger partial charge in [0.25, 0.3) is 0 Å². The van der Waals surface area contributed by atoms with E-state index < -0.39 is 10.3 Å². The molecular formula is C15H22N2O5S. The van der Waals surface area contributed by atoms with Crippen LogP contribution in [0.5, 0.6) is 5.75 Å². The molecule has 8 heteroatoms. The molecule has 1 fully saturated rings. The highest BCUT2D eigenvalue weighted by Crippen LogP contribution is 2.44. The standard InChI is InChI=1S/C15H22N2O5S/c1-15(2)12-9-11(10-16-23(18,19)20)3-4-13(12)22-14(15)17-5-7-21-8-6-17/h3-4,9,14,16H,5-8,10H2,1-2H3,(H,18,19,20). The van der Waals surface area contributed by atoms with Gasteiger partial charge in [-0.15, -0.1) is 0 Å². The fourth-order valence-corrected chi connectivity index (χ4v) is 3.56. The predicted molar refractivity (Wildman–Crippen MR) is 84.7 cm³/mol.